The molecule has 0 aromatic carbocycles. The van der Waals surface area contributed by atoms with Crippen LogP contribution in [0.3, 0.4) is 0 Å². The first kappa shape index (κ1) is 14.5. The Kier molecular flexibility index (Phi) is 4.90. The van der Waals surface area contributed by atoms with Crippen molar-refractivity contribution in [2.45, 2.75) is 84.5 Å². The van der Waals surface area contributed by atoms with Crippen LogP contribution >= 0.6 is 0 Å². The molecule has 2 fully saturated rings. The van der Waals surface area contributed by atoms with Crippen LogP contribution in [0.15, 0.2) is 0 Å². The van der Waals surface area contributed by atoms with E-state index in [1.165, 1.54) is 44.6 Å². The van der Waals surface area contributed by atoms with Crippen LogP contribution in [0.1, 0.15) is 66.2 Å². The lowest BCUT2D eigenvalue weighted by atomic mass is 9.82. The molecule has 0 heterocycles. The van der Waals surface area contributed by atoms with Gasteiger partial charge in [0.25, 0.3) is 0 Å². The zero-order valence-corrected chi connectivity index (χ0v) is 13.5. The molecule has 2 bridgehead atoms. The van der Waals surface area contributed by atoms with E-state index in [1.54, 1.807) is 0 Å². The molecule has 1 radical (unpaired) electrons. The van der Waals surface area contributed by atoms with E-state index >= 15 is 0 Å². The van der Waals surface area contributed by atoms with Gasteiger partial charge in [0.1, 0.15) is 0 Å². The molecule has 2 nitrogen and oxygen atoms in total. The summed E-state index contributed by atoms with van der Waals surface area (Å²) in [6.45, 7) is 8.48. The minimum atomic E-state index is -1.06. The third-order valence-electron chi connectivity index (χ3n) is 4.48. The van der Waals surface area contributed by atoms with Gasteiger partial charge < -0.3 is 8.85 Å². The van der Waals surface area contributed by atoms with Crippen LogP contribution in [0.25, 0.3) is 0 Å². The summed E-state index contributed by atoms with van der Waals surface area (Å²) < 4.78 is 12.0. The summed E-state index contributed by atoms with van der Waals surface area (Å²) in [6, 6.07) is 1.17. The summed E-state index contributed by atoms with van der Waals surface area (Å²) >= 11 is 0. The number of rotatable bonds is 7. The normalized spacial score (nSPS) is 31.2. The fraction of sp³-hybridized carbons (Fsp3) is 1.00. The highest BCUT2D eigenvalue weighted by Gasteiger charge is 2.44. The van der Waals surface area contributed by atoms with Crippen LogP contribution in [-0.2, 0) is 8.85 Å². The Labute approximate surface area is 114 Å². The molecule has 0 saturated heterocycles. The lowest BCUT2D eigenvalue weighted by Gasteiger charge is -2.28. The molecular formula is C15H29O2Si. The molecule has 0 spiro atoms. The third-order valence-corrected chi connectivity index (χ3v) is 6.61. The summed E-state index contributed by atoms with van der Waals surface area (Å²) in [7, 11) is -1.06. The molecular weight excluding hydrogens is 240 g/mol. The first-order valence-electron chi connectivity index (χ1n) is 7.68. The molecule has 0 amide bonds. The molecule has 2 aliphatic carbocycles. The van der Waals surface area contributed by atoms with E-state index in [-0.39, 0.29) is 0 Å². The van der Waals surface area contributed by atoms with Crippen molar-refractivity contribution in [3.05, 3.63) is 0 Å². The lowest BCUT2D eigenvalue weighted by molar-refractivity contribution is 0.125. The van der Waals surface area contributed by atoms with E-state index in [1.807, 2.05) is 0 Å². The molecule has 2 rings (SSSR count). The fourth-order valence-corrected chi connectivity index (χ4v) is 5.78. The maximum Gasteiger partial charge on any atom is 0.385 e. The average molecular weight is 269 g/mol. The molecule has 0 aliphatic heterocycles. The Morgan fingerprint density at radius 1 is 1.06 bits per heavy atom. The van der Waals surface area contributed by atoms with Gasteiger partial charge in [0.2, 0.25) is 0 Å². The van der Waals surface area contributed by atoms with Gasteiger partial charge in [0.05, 0.1) is 0 Å². The van der Waals surface area contributed by atoms with Crippen LogP contribution in [-0.4, -0.2) is 21.5 Å². The SMILES string of the molecule is CC(C)O[Si](CCC12CCC(CC1)C2)OC(C)C. The minimum absolute atomic E-state index is 0.301. The predicted octanol–water partition coefficient (Wildman–Crippen LogP) is 4.30. The van der Waals surface area contributed by atoms with Gasteiger partial charge in [-0.3, -0.25) is 0 Å². The van der Waals surface area contributed by atoms with Gasteiger partial charge in [0.15, 0.2) is 0 Å². The molecule has 0 unspecified atom stereocenters. The number of hydrogen-bond acceptors (Lipinski definition) is 2. The van der Waals surface area contributed by atoms with Gasteiger partial charge >= 0.3 is 9.28 Å². The van der Waals surface area contributed by atoms with Gasteiger partial charge in [0, 0.05) is 12.2 Å². The molecule has 0 aromatic rings. The summed E-state index contributed by atoms with van der Waals surface area (Å²) in [5, 5.41) is 0. The highest BCUT2D eigenvalue weighted by Crippen LogP contribution is 2.56. The van der Waals surface area contributed by atoms with Crippen molar-refractivity contribution in [2.24, 2.45) is 11.3 Å². The Balaban J connectivity index is 1.81. The van der Waals surface area contributed by atoms with Crippen molar-refractivity contribution >= 4 is 9.28 Å². The van der Waals surface area contributed by atoms with Gasteiger partial charge in [-0.15, -0.1) is 0 Å². The third kappa shape index (κ3) is 3.81. The molecule has 2 aliphatic rings. The van der Waals surface area contributed by atoms with E-state index in [2.05, 4.69) is 27.7 Å². The second kappa shape index (κ2) is 6.06. The van der Waals surface area contributed by atoms with Crippen molar-refractivity contribution in [2.75, 3.05) is 0 Å². The van der Waals surface area contributed by atoms with Gasteiger partial charge in [-0.1, -0.05) is 0 Å². The fourth-order valence-electron chi connectivity index (χ4n) is 3.70. The zero-order valence-electron chi connectivity index (χ0n) is 12.5. The zero-order chi connectivity index (χ0) is 13.2. The Morgan fingerprint density at radius 3 is 2.00 bits per heavy atom. The minimum Gasteiger partial charge on any atom is -0.391 e. The summed E-state index contributed by atoms with van der Waals surface area (Å²) in [5.74, 6) is 1.05. The van der Waals surface area contributed by atoms with Crippen molar-refractivity contribution in [1.29, 1.82) is 0 Å². The van der Waals surface area contributed by atoms with Gasteiger partial charge in [-0.2, -0.15) is 0 Å². The summed E-state index contributed by atoms with van der Waals surface area (Å²) in [5.41, 5.74) is 0.682. The second-order valence-corrected chi connectivity index (χ2v) is 8.57. The van der Waals surface area contributed by atoms with Crippen molar-refractivity contribution < 1.29 is 8.85 Å². The molecule has 0 N–H and O–H groups in total. The highest BCUT2D eigenvalue weighted by atomic mass is 28.3. The molecule has 3 heteroatoms. The molecule has 2 saturated carbocycles. The van der Waals surface area contributed by atoms with E-state index in [0.29, 0.717) is 17.6 Å². The summed E-state index contributed by atoms with van der Waals surface area (Å²) in [6.07, 6.45) is 9.34. The van der Waals surface area contributed by atoms with Crippen LogP contribution in [0.5, 0.6) is 0 Å². The quantitative estimate of drug-likeness (QED) is 0.642. The monoisotopic (exact) mass is 269 g/mol. The standard InChI is InChI=1S/C15H29O2Si/c1-12(2)16-18(17-13(3)4)10-9-15-7-5-14(11-15)6-8-15/h12-14H,5-11H2,1-4H3. The van der Waals surface area contributed by atoms with Crippen LogP contribution in [0, 0.1) is 11.3 Å². The van der Waals surface area contributed by atoms with Crippen molar-refractivity contribution in [3.63, 3.8) is 0 Å². The maximum absolute atomic E-state index is 6.00. The molecule has 18 heavy (non-hydrogen) atoms. The van der Waals surface area contributed by atoms with E-state index in [4.69, 9.17) is 8.85 Å². The van der Waals surface area contributed by atoms with Gasteiger partial charge in [-0.25, -0.2) is 0 Å². The first-order valence-corrected chi connectivity index (χ1v) is 9.21. The molecule has 0 atom stereocenters. The van der Waals surface area contributed by atoms with Gasteiger partial charge in [-0.05, 0) is 83.6 Å². The molecule has 105 valence electrons. The lowest BCUT2D eigenvalue weighted by Crippen LogP contribution is -2.31. The highest BCUT2D eigenvalue weighted by molar-refractivity contribution is 6.44. The Morgan fingerprint density at radius 2 is 1.61 bits per heavy atom. The average Bonchev–Trinajstić information content (AvgIpc) is 2.85. The summed E-state index contributed by atoms with van der Waals surface area (Å²) in [4.78, 5) is 0. The largest absolute Gasteiger partial charge is 0.391 e. The predicted molar refractivity (Wildman–Crippen MR) is 76.6 cm³/mol. The Hall–Kier alpha value is 0.137. The Bertz CT molecular complexity index is 247. The van der Waals surface area contributed by atoms with Crippen molar-refractivity contribution in [1.82, 2.24) is 0 Å². The number of hydrogen-bond donors (Lipinski definition) is 0. The van der Waals surface area contributed by atoms with Crippen molar-refractivity contribution in [3.8, 4) is 0 Å². The molecule has 0 aromatic heterocycles. The van der Waals surface area contributed by atoms with E-state index in [9.17, 15) is 0 Å². The second-order valence-electron chi connectivity index (χ2n) is 6.85. The maximum atomic E-state index is 6.00. The van der Waals surface area contributed by atoms with Crippen LogP contribution in [0.2, 0.25) is 6.04 Å². The van der Waals surface area contributed by atoms with E-state index < -0.39 is 9.28 Å². The first-order chi connectivity index (χ1) is 8.49. The van der Waals surface area contributed by atoms with E-state index in [0.717, 1.165) is 5.92 Å². The smallest absolute Gasteiger partial charge is 0.385 e. The number of fused-ring (bicyclic) bond motifs is 2. The topological polar surface area (TPSA) is 18.5 Å². The van der Waals surface area contributed by atoms with Crippen LogP contribution in [0.4, 0.5) is 0 Å². The van der Waals surface area contributed by atoms with Crippen LogP contribution < -0.4 is 0 Å².